The van der Waals surface area contributed by atoms with Gasteiger partial charge in [0.25, 0.3) is 5.91 Å². The maximum atomic E-state index is 12.7. The van der Waals surface area contributed by atoms with E-state index in [0.29, 0.717) is 18.7 Å². The van der Waals surface area contributed by atoms with Crippen molar-refractivity contribution in [3.05, 3.63) is 29.8 Å². The molecule has 1 aliphatic rings. The molecule has 1 N–H and O–H groups in total. The third-order valence-corrected chi connectivity index (χ3v) is 5.34. The van der Waals surface area contributed by atoms with Gasteiger partial charge in [-0.2, -0.15) is 4.31 Å². The first-order chi connectivity index (χ1) is 10.8. The van der Waals surface area contributed by atoms with Crippen LogP contribution in [0.3, 0.4) is 0 Å². The van der Waals surface area contributed by atoms with Gasteiger partial charge < -0.3 is 10.1 Å². The molecular formula is C16H20N2O4S. The topological polar surface area (TPSA) is 75.7 Å². The standard InChI is InChI=1S/C16H20N2O4S/c1-4-9-17-16(19)14-5-7-15(8-6-14)23(20,21)18-10-12(2)22-13(3)11-18/h1,5-8,12-13H,9-11H2,2-3H3,(H,17,19)/t12-,13-/m1/s1. The fourth-order valence-electron chi connectivity index (χ4n) is 2.49. The summed E-state index contributed by atoms with van der Waals surface area (Å²) >= 11 is 0. The van der Waals surface area contributed by atoms with E-state index >= 15 is 0 Å². The van der Waals surface area contributed by atoms with Crippen molar-refractivity contribution in [2.45, 2.75) is 31.0 Å². The van der Waals surface area contributed by atoms with E-state index in [0.717, 1.165) is 0 Å². The largest absolute Gasteiger partial charge is 0.373 e. The van der Waals surface area contributed by atoms with Gasteiger partial charge in [-0.1, -0.05) is 5.92 Å². The zero-order valence-electron chi connectivity index (χ0n) is 13.2. The van der Waals surface area contributed by atoms with Gasteiger partial charge in [0.2, 0.25) is 10.0 Å². The molecule has 0 unspecified atom stereocenters. The van der Waals surface area contributed by atoms with Crippen molar-refractivity contribution in [1.82, 2.24) is 9.62 Å². The van der Waals surface area contributed by atoms with Crippen molar-refractivity contribution in [1.29, 1.82) is 0 Å². The molecule has 1 heterocycles. The number of nitrogens with zero attached hydrogens (tertiary/aromatic N) is 1. The van der Waals surface area contributed by atoms with Gasteiger partial charge in [0.15, 0.2) is 0 Å². The second kappa shape index (κ2) is 7.13. The molecule has 0 saturated carbocycles. The lowest BCUT2D eigenvalue weighted by Crippen LogP contribution is -2.48. The third-order valence-electron chi connectivity index (χ3n) is 3.49. The number of carbonyl (C=O) groups excluding carboxylic acids is 1. The fraction of sp³-hybridized carbons (Fsp3) is 0.438. The number of ether oxygens (including phenoxy) is 1. The minimum atomic E-state index is -3.60. The number of morpholine rings is 1. The van der Waals surface area contributed by atoms with E-state index in [1.165, 1.54) is 28.6 Å². The Morgan fingerprint density at radius 3 is 2.39 bits per heavy atom. The van der Waals surface area contributed by atoms with E-state index < -0.39 is 10.0 Å². The number of hydrogen-bond donors (Lipinski definition) is 1. The minimum Gasteiger partial charge on any atom is -0.373 e. The Bertz CT molecular complexity index is 697. The second-order valence-corrected chi connectivity index (χ2v) is 7.43. The number of benzene rings is 1. The number of sulfonamides is 1. The predicted molar refractivity (Wildman–Crippen MR) is 86.4 cm³/mol. The van der Waals surface area contributed by atoms with Crippen LogP contribution in [0.4, 0.5) is 0 Å². The van der Waals surface area contributed by atoms with E-state index in [2.05, 4.69) is 11.2 Å². The third kappa shape index (κ3) is 4.10. The lowest BCUT2D eigenvalue weighted by atomic mass is 10.2. The monoisotopic (exact) mass is 336 g/mol. The Kier molecular flexibility index (Phi) is 5.42. The maximum Gasteiger partial charge on any atom is 0.252 e. The Balaban J connectivity index is 2.17. The van der Waals surface area contributed by atoms with Gasteiger partial charge in [0.05, 0.1) is 23.6 Å². The zero-order valence-corrected chi connectivity index (χ0v) is 14.0. The van der Waals surface area contributed by atoms with Gasteiger partial charge in [-0.25, -0.2) is 8.42 Å². The number of amides is 1. The van der Waals surface area contributed by atoms with Gasteiger partial charge in [-0.3, -0.25) is 4.79 Å². The lowest BCUT2D eigenvalue weighted by molar-refractivity contribution is -0.0440. The highest BCUT2D eigenvalue weighted by Crippen LogP contribution is 2.21. The number of carbonyl (C=O) groups is 1. The van der Waals surface area contributed by atoms with Crippen LogP contribution in [0, 0.1) is 12.3 Å². The molecule has 1 amide bonds. The molecule has 23 heavy (non-hydrogen) atoms. The Hall–Kier alpha value is -1.88. The van der Waals surface area contributed by atoms with Crippen LogP contribution in [0.25, 0.3) is 0 Å². The van der Waals surface area contributed by atoms with Crippen molar-refractivity contribution in [2.75, 3.05) is 19.6 Å². The molecule has 0 spiro atoms. The first kappa shape index (κ1) is 17.5. The maximum absolute atomic E-state index is 12.7. The normalized spacial score (nSPS) is 22.3. The zero-order chi connectivity index (χ0) is 17.0. The van der Waals surface area contributed by atoms with E-state index in [-0.39, 0.29) is 29.6 Å². The van der Waals surface area contributed by atoms with Gasteiger partial charge in [-0.05, 0) is 38.1 Å². The summed E-state index contributed by atoms with van der Waals surface area (Å²) in [5.74, 6) is 1.98. The molecule has 2 rings (SSSR count). The average Bonchev–Trinajstić information content (AvgIpc) is 2.51. The summed E-state index contributed by atoms with van der Waals surface area (Å²) in [7, 11) is -3.60. The van der Waals surface area contributed by atoms with Gasteiger partial charge >= 0.3 is 0 Å². The van der Waals surface area contributed by atoms with E-state index in [1.807, 2.05) is 13.8 Å². The number of terminal acetylenes is 1. The highest BCUT2D eigenvalue weighted by molar-refractivity contribution is 7.89. The molecule has 1 aromatic rings. The fourth-order valence-corrected chi connectivity index (χ4v) is 4.08. The number of rotatable bonds is 4. The summed E-state index contributed by atoms with van der Waals surface area (Å²) in [6, 6.07) is 5.83. The van der Waals surface area contributed by atoms with Crippen LogP contribution in [-0.2, 0) is 14.8 Å². The van der Waals surface area contributed by atoms with Crippen molar-refractivity contribution < 1.29 is 17.9 Å². The molecule has 124 valence electrons. The highest BCUT2D eigenvalue weighted by atomic mass is 32.2. The van der Waals surface area contributed by atoms with Crippen LogP contribution in [0.5, 0.6) is 0 Å². The molecule has 0 aromatic heterocycles. The van der Waals surface area contributed by atoms with Crippen LogP contribution >= 0.6 is 0 Å². The molecule has 2 atom stereocenters. The molecule has 6 nitrogen and oxygen atoms in total. The molecule has 1 fully saturated rings. The van der Waals surface area contributed by atoms with Gasteiger partial charge in [0, 0.05) is 18.7 Å². The van der Waals surface area contributed by atoms with Crippen molar-refractivity contribution >= 4 is 15.9 Å². The summed E-state index contributed by atoms with van der Waals surface area (Å²) < 4.78 is 32.3. The Morgan fingerprint density at radius 1 is 1.30 bits per heavy atom. The molecule has 0 aliphatic carbocycles. The molecule has 1 aromatic carbocycles. The first-order valence-corrected chi connectivity index (χ1v) is 8.76. The molecular weight excluding hydrogens is 316 g/mol. The molecule has 1 aliphatic heterocycles. The molecule has 1 saturated heterocycles. The van der Waals surface area contributed by atoms with Crippen LogP contribution in [0.15, 0.2) is 29.2 Å². The average molecular weight is 336 g/mol. The SMILES string of the molecule is C#CCNC(=O)c1ccc(S(=O)(=O)N2C[C@@H](C)O[C@H](C)C2)cc1. The summed E-state index contributed by atoms with van der Waals surface area (Å²) in [6.07, 6.45) is 4.78. The lowest BCUT2D eigenvalue weighted by Gasteiger charge is -2.34. The van der Waals surface area contributed by atoms with Crippen molar-refractivity contribution in [2.24, 2.45) is 0 Å². The van der Waals surface area contributed by atoms with E-state index in [9.17, 15) is 13.2 Å². The van der Waals surface area contributed by atoms with E-state index in [4.69, 9.17) is 11.2 Å². The minimum absolute atomic E-state index is 0.127. The summed E-state index contributed by atoms with van der Waals surface area (Å²) in [4.78, 5) is 11.9. The van der Waals surface area contributed by atoms with Crippen LogP contribution < -0.4 is 5.32 Å². The number of hydrogen-bond acceptors (Lipinski definition) is 4. The molecule has 7 heteroatoms. The predicted octanol–water partition coefficient (Wildman–Crippen LogP) is 0.847. The van der Waals surface area contributed by atoms with E-state index in [1.54, 1.807) is 0 Å². The summed E-state index contributed by atoms with van der Waals surface area (Å²) in [5, 5.41) is 2.53. The van der Waals surface area contributed by atoms with Crippen LogP contribution in [-0.4, -0.2) is 50.5 Å². The van der Waals surface area contributed by atoms with Crippen LogP contribution in [0.1, 0.15) is 24.2 Å². The van der Waals surface area contributed by atoms with Gasteiger partial charge in [-0.15, -0.1) is 6.42 Å². The quantitative estimate of drug-likeness (QED) is 0.827. The second-order valence-electron chi connectivity index (χ2n) is 5.49. The van der Waals surface area contributed by atoms with Crippen molar-refractivity contribution in [3.8, 4) is 12.3 Å². The highest BCUT2D eigenvalue weighted by Gasteiger charge is 2.32. The Morgan fingerprint density at radius 2 is 1.87 bits per heavy atom. The van der Waals surface area contributed by atoms with Crippen molar-refractivity contribution in [3.63, 3.8) is 0 Å². The Labute approximate surface area is 136 Å². The molecule has 0 radical (unpaired) electrons. The number of nitrogens with one attached hydrogen (secondary N) is 1. The summed E-state index contributed by atoms with van der Waals surface area (Å²) in [6.45, 7) is 4.45. The van der Waals surface area contributed by atoms with Crippen LogP contribution in [0.2, 0.25) is 0 Å². The van der Waals surface area contributed by atoms with Gasteiger partial charge in [0.1, 0.15) is 0 Å². The summed E-state index contributed by atoms with van der Waals surface area (Å²) in [5.41, 5.74) is 0.364. The molecule has 0 bridgehead atoms. The smallest absolute Gasteiger partial charge is 0.252 e. The first-order valence-electron chi connectivity index (χ1n) is 7.32.